The average Bonchev–Trinajstić information content (AvgIpc) is 3.17. The Hall–Kier alpha value is -6.58. The second-order valence-corrected chi connectivity index (χ2v) is 12.2. The van der Waals surface area contributed by atoms with Crippen LogP contribution >= 0.6 is 0 Å². The van der Waals surface area contributed by atoms with Crippen molar-refractivity contribution in [3.63, 3.8) is 0 Å². The van der Waals surface area contributed by atoms with E-state index in [0.717, 1.165) is 62.1 Å². The minimum atomic E-state index is 0.855. The Morgan fingerprint density at radius 2 is 0.776 bits per heavy atom. The summed E-state index contributed by atoms with van der Waals surface area (Å²) in [5.74, 6) is 1.73. The Bertz CT molecular complexity index is 2310. The molecule has 8 aromatic rings. The van der Waals surface area contributed by atoms with Crippen LogP contribution in [0.3, 0.4) is 0 Å². The minimum absolute atomic E-state index is 0.855. The third-order valence-electron chi connectivity index (χ3n) is 9.23. The zero-order valence-electron chi connectivity index (χ0n) is 26.8. The molecule has 3 nitrogen and oxygen atoms in total. The fourth-order valence-corrected chi connectivity index (χ4v) is 7.00. The molecule has 1 heterocycles. The van der Waals surface area contributed by atoms with Crippen molar-refractivity contribution in [3.05, 3.63) is 194 Å². The fourth-order valence-electron chi connectivity index (χ4n) is 7.00. The van der Waals surface area contributed by atoms with Gasteiger partial charge in [0.05, 0.1) is 0 Å². The van der Waals surface area contributed by atoms with E-state index in [1.54, 1.807) is 0 Å². The van der Waals surface area contributed by atoms with E-state index in [9.17, 15) is 0 Å². The number of anilines is 6. The number of hydrogen-bond donors (Lipinski definition) is 0. The summed E-state index contributed by atoms with van der Waals surface area (Å²) >= 11 is 0. The molecular formula is C46H32N2O. The first-order valence-corrected chi connectivity index (χ1v) is 16.6. The first-order valence-electron chi connectivity index (χ1n) is 16.6. The number of para-hydroxylation sites is 4. The zero-order valence-corrected chi connectivity index (χ0v) is 26.8. The maximum Gasteiger partial charge on any atom is 0.137 e. The molecule has 0 bridgehead atoms. The number of benzene rings is 8. The van der Waals surface area contributed by atoms with Crippen LogP contribution in [0.4, 0.5) is 34.1 Å². The van der Waals surface area contributed by atoms with Crippen molar-refractivity contribution in [1.82, 2.24) is 0 Å². The highest BCUT2D eigenvalue weighted by Gasteiger charge is 2.24. The highest BCUT2D eigenvalue weighted by molar-refractivity contribution is 6.10. The number of rotatable bonds is 7. The van der Waals surface area contributed by atoms with Gasteiger partial charge in [0.15, 0.2) is 0 Å². The van der Waals surface area contributed by atoms with Gasteiger partial charge in [0, 0.05) is 51.1 Å². The van der Waals surface area contributed by atoms with E-state index in [1.165, 1.54) is 16.5 Å². The molecule has 0 spiro atoms. The lowest BCUT2D eigenvalue weighted by Crippen LogP contribution is -2.10. The van der Waals surface area contributed by atoms with Crippen LogP contribution in [0.15, 0.2) is 194 Å². The quantitative estimate of drug-likeness (QED) is 0.175. The molecule has 3 heteroatoms. The van der Waals surface area contributed by atoms with E-state index in [-0.39, 0.29) is 0 Å². The van der Waals surface area contributed by atoms with Gasteiger partial charge in [-0.1, -0.05) is 109 Å². The molecule has 0 saturated heterocycles. The number of ether oxygens (including phenoxy) is 1. The molecule has 0 unspecified atom stereocenters. The first-order chi connectivity index (χ1) is 24.3. The van der Waals surface area contributed by atoms with Crippen LogP contribution in [0.25, 0.3) is 33.0 Å². The van der Waals surface area contributed by atoms with Gasteiger partial charge < -0.3 is 14.5 Å². The molecule has 1 aliphatic rings. The third kappa shape index (κ3) is 5.18. The SMILES string of the molecule is c1ccc(N(c2ccccc2)c2ccc(-c3ccc4c5c(cccc35)-c3ccc(N(c5ccccc5)c5ccccc5)cc3O4)cc2)cc1. The van der Waals surface area contributed by atoms with Crippen LogP contribution in [0.5, 0.6) is 11.5 Å². The molecule has 0 atom stereocenters. The van der Waals surface area contributed by atoms with Crippen molar-refractivity contribution in [2.24, 2.45) is 0 Å². The Morgan fingerprint density at radius 1 is 0.306 bits per heavy atom. The summed E-state index contributed by atoms with van der Waals surface area (Å²) in [7, 11) is 0. The van der Waals surface area contributed by atoms with Crippen LogP contribution < -0.4 is 14.5 Å². The molecule has 8 aromatic carbocycles. The van der Waals surface area contributed by atoms with E-state index < -0.39 is 0 Å². The number of hydrogen-bond acceptors (Lipinski definition) is 3. The summed E-state index contributed by atoms with van der Waals surface area (Å²) in [4.78, 5) is 4.56. The molecule has 0 N–H and O–H groups in total. The first kappa shape index (κ1) is 28.6. The maximum absolute atomic E-state index is 6.72. The molecule has 232 valence electrons. The topological polar surface area (TPSA) is 15.7 Å². The monoisotopic (exact) mass is 628 g/mol. The molecule has 0 aliphatic carbocycles. The average molecular weight is 629 g/mol. The Balaban J connectivity index is 1.10. The normalized spacial score (nSPS) is 11.4. The standard InChI is InChI=1S/C46H32N2O/c1-5-14-34(15-6-1)47(35-16-7-2-8-17-35)38-26-24-33(25-27-38)40-30-31-44-46-42(40)22-13-23-43(46)41-29-28-39(32-45(41)49-44)48(36-18-9-3-10-19-36)37-20-11-4-12-21-37/h1-32H. The molecule has 1 aliphatic heterocycles. The van der Waals surface area contributed by atoms with Gasteiger partial charge in [-0.2, -0.15) is 0 Å². The van der Waals surface area contributed by atoms with Crippen LogP contribution in [-0.2, 0) is 0 Å². The van der Waals surface area contributed by atoms with Gasteiger partial charge in [-0.05, 0) is 101 Å². The fraction of sp³-hybridized carbons (Fsp3) is 0. The molecule has 49 heavy (non-hydrogen) atoms. The summed E-state index contributed by atoms with van der Waals surface area (Å²) in [5, 5.41) is 2.32. The van der Waals surface area contributed by atoms with Gasteiger partial charge in [0.1, 0.15) is 11.5 Å². The summed E-state index contributed by atoms with van der Waals surface area (Å²) in [5.41, 5.74) is 11.2. The van der Waals surface area contributed by atoms with Gasteiger partial charge >= 0.3 is 0 Å². The summed E-state index contributed by atoms with van der Waals surface area (Å²) < 4.78 is 6.72. The van der Waals surface area contributed by atoms with Crippen molar-refractivity contribution >= 4 is 44.9 Å². The molecule has 0 saturated carbocycles. The number of nitrogens with zero attached hydrogens (tertiary/aromatic N) is 2. The van der Waals surface area contributed by atoms with Crippen molar-refractivity contribution < 1.29 is 4.74 Å². The maximum atomic E-state index is 6.72. The Morgan fingerprint density at radius 3 is 1.33 bits per heavy atom. The van der Waals surface area contributed by atoms with Gasteiger partial charge in [0.2, 0.25) is 0 Å². The summed E-state index contributed by atoms with van der Waals surface area (Å²) in [6.45, 7) is 0. The van der Waals surface area contributed by atoms with Crippen molar-refractivity contribution in [2.75, 3.05) is 9.80 Å². The molecule has 0 aromatic heterocycles. The largest absolute Gasteiger partial charge is 0.456 e. The predicted molar refractivity (Wildman–Crippen MR) is 204 cm³/mol. The highest BCUT2D eigenvalue weighted by Crippen LogP contribution is 2.50. The van der Waals surface area contributed by atoms with E-state index in [0.29, 0.717) is 0 Å². The second kappa shape index (κ2) is 12.2. The molecular weight excluding hydrogens is 597 g/mol. The van der Waals surface area contributed by atoms with E-state index >= 15 is 0 Å². The predicted octanol–water partition coefficient (Wildman–Crippen LogP) is 13.2. The van der Waals surface area contributed by atoms with Crippen molar-refractivity contribution in [1.29, 1.82) is 0 Å². The second-order valence-electron chi connectivity index (χ2n) is 12.2. The summed E-state index contributed by atoms with van der Waals surface area (Å²) in [6, 6.07) is 68.3. The molecule has 0 fully saturated rings. The lowest BCUT2D eigenvalue weighted by molar-refractivity contribution is 0.487. The van der Waals surface area contributed by atoms with E-state index in [1.807, 2.05) is 12.1 Å². The van der Waals surface area contributed by atoms with Gasteiger partial charge in [0.25, 0.3) is 0 Å². The number of fused-ring (bicyclic) bond motifs is 2. The lowest BCUT2D eigenvalue weighted by Gasteiger charge is -2.28. The lowest BCUT2D eigenvalue weighted by atomic mass is 9.90. The van der Waals surface area contributed by atoms with Gasteiger partial charge in [-0.15, -0.1) is 0 Å². The van der Waals surface area contributed by atoms with Crippen LogP contribution in [0, 0.1) is 0 Å². The van der Waals surface area contributed by atoms with Crippen molar-refractivity contribution in [3.8, 4) is 33.8 Å². The Labute approximate surface area is 286 Å². The van der Waals surface area contributed by atoms with E-state index in [2.05, 4.69) is 192 Å². The molecule has 9 rings (SSSR count). The smallest absolute Gasteiger partial charge is 0.137 e. The molecule has 0 amide bonds. The van der Waals surface area contributed by atoms with Crippen LogP contribution in [-0.4, -0.2) is 0 Å². The minimum Gasteiger partial charge on any atom is -0.456 e. The van der Waals surface area contributed by atoms with E-state index in [4.69, 9.17) is 4.74 Å². The van der Waals surface area contributed by atoms with Crippen molar-refractivity contribution in [2.45, 2.75) is 0 Å². The highest BCUT2D eigenvalue weighted by atomic mass is 16.5. The van der Waals surface area contributed by atoms with Crippen LogP contribution in [0.2, 0.25) is 0 Å². The van der Waals surface area contributed by atoms with Gasteiger partial charge in [-0.25, -0.2) is 0 Å². The third-order valence-corrected chi connectivity index (χ3v) is 9.23. The Kier molecular flexibility index (Phi) is 7.14. The van der Waals surface area contributed by atoms with Gasteiger partial charge in [-0.3, -0.25) is 0 Å². The zero-order chi connectivity index (χ0) is 32.6. The molecule has 0 radical (unpaired) electrons. The summed E-state index contributed by atoms with van der Waals surface area (Å²) in [6.07, 6.45) is 0. The van der Waals surface area contributed by atoms with Crippen LogP contribution in [0.1, 0.15) is 0 Å².